The first-order valence-electron chi connectivity index (χ1n) is 15.6. The fraction of sp³-hybridized carbons (Fsp3) is 0.765. The molecule has 1 nitrogen and oxygen atoms in total. The number of aliphatic hydroxyl groups is 1. The molecule has 0 saturated heterocycles. The second kappa shape index (κ2) is 14.1. The van der Waals surface area contributed by atoms with Gasteiger partial charge in [0, 0.05) is 0 Å². The molecule has 202 valence electrons. The van der Waals surface area contributed by atoms with Crippen LogP contribution in [0.15, 0.2) is 30.4 Å². The zero-order chi connectivity index (χ0) is 25.3. The number of hydrogen-bond donors (Lipinski definition) is 1. The van der Waals surface area contributed by atoms with E-state index in [1.54, 1.807) is 0 Å². The summed E-state index contributed by atoms with van der Waals surface area (Å²) >= 11 is 0. The van der Waals surface area contributed by atoms with Gasteiger partial charge >= 0.3 is 0 Å². The van der Waals surface area contributed by atoms with Crippen molar-refractivity contribution >= 4 is 0 Å². The smallest absolute Gasteiger partial charge is 0.126 e. The summed E-state index contributed by atoms with van der Waals surface area (Å²) in [5.74, 6) is 4.66. The van der Waals surface area contributed by atoms with Gasteiger partial charge in [-0.25, -0.2) is 4.39 Å². The Kier molecular flexibility index (Phi) is 10.9. The molecule has 3 saturated carbocycles. The van der Waals surface area contributed by atoms with Crippen molar-refractivity contribution in [1.29, 1.82) is 0 Å². The van der Waals surface area contributed by atoms with E-state index in [0.717, 1.165) is 54.6 Å². The number of aliphatic hydroxyl groups excluding tert-OH is 1. The van der Waals surface area contributed by atoms with E-state index in [4.69, 9.17) is 0 Å². The van der Waals surface area contributed by atoms with Crippen molar-refractivity contribution in [1.82, 2.24) is 0 Å². The number of unbranched alkanes of at least 4 members (excludes halogenated alkanes) is 2. The maximum atomic E-state index is 15.0. The standard InChI is InChI=1S/C34H53FO/c1-3-4-5-6-26-9-14-29(15-10-26)30-17-19-31(20-18-30)33-22-21-32(34(35)23-33)16-11-27-7-12-28(13-8-27)25(2)24-36/h21-23,26-31,36H,2-20,24H2,1H3. The van der Waals surface area contributed by atoms with E-state index in [-0.39, 0.29) is 12.4 Å². The molecule has 0 bridgehead atoms. The monoisotopic (exact) mass is 496 g/mol. The molecule has 0 heterocycles. The van der Waals surface area contributed by atoms with Crippen LogP contribution in [-0.4, -0.2) is 11.7 Å². The van der Waals surface area contributed by atoms with Crippen LogP contribution in [0.2, 0.25) is 0 Å². The molecular formula is C34H53FO. The maximum absolute atomic E-state index is 15.0. The minimum atomic E-state index is 0.0263. The topological polar surface area (TPSA) is 20.2 Å². The highest BCUT2D eigenvalue weighted by Crippen LogP contribution is 2.45. The van der Waals surface area contributed by atoms with E-state index >= 15 is 4.39 Å². The van der Waals surface area contributed by atoms with Crippen LogP contribution in [0.25, 0.3) is 0 Å². The van der Waals surface area contributed by atoms with Crippen LogP contribution >= 0.6 is 0 Å². The zero-order valence-electron chi connectivity index (χ0n) is 23.2. The quantitative estimate of drug-likeness (QED) is 0.239. The molecule has 0 radical (unpaired) electrons. The largest absolute Gasteiger partial charge is 0.392 e. The summed E-state index contributed by atoms with van der Waals surface area (Å²) < 4.78 is 15.0. The molecule has 4 rings (SSSR count). The molecule has 0 aromatic heterocycles. The molecule has 3 aliphatic carbocycles. The van der Waals surface area contributed by atoms with Crippen LogP contribution in [0.1, 0.15) is 133 Å². The molecule has 36 heavy (non-hydrogen) atoms. The van der Waals surface area contributed by atoms with Crippen molar-refractivity contribution < 1.29 is 9.50 Å². The number of benzene rings is 1. The SMILES string of the molecule is C=C(CO)C1CCC(CCc2ccc(C3CCC(C4CCC(CCCCC)CC4)CC3)cc2F)CC1. The molecule has 0 amide bonds. The molecular weight excluding hydrogens is 443 g/mol. The first kappa shape index (κ1) is 27.9. The van der Waals surface area contributed by atoms with E-state index < -0.39 is 0 Å². The van der Waals surface area contributed by atoms with Crippen LogP contribution < -0.4 is 0 Å². The summed E-state index contributed by atoms with van der Waals surface area (Å²) in [4.78, 5) is 0. The maximum Gasteiger partial charge on any atom is 0.126 e. The number of aryl methyl sites for hydroxylation is 1. The van der Waals surface area contributed by atoms with Crippen LogP contribution in [0.3, 0.4) is 0 Å². The van der Waals surface area contributed by atoms with Gasteiger partial charge in [-0.15, -0.1) is 0 Å². The van der Waals surface area contributed by atoms with E-state index in [1.165, 1.54) is 95.5 Å². The Hall–Kier alpha value is -1.15. The highest BCUT2D eigenvalue weighted by molar-refractivity contribution is 5.27. The predicted octanol–water partition coefficient (Wildman–Crippen LogP) is 9.77. The van der Waals surface area contributed by atoms with Gasteiger partial charge in [0.1, 0.15) is 5.82 Å². The molecule has 0 spiro atoms. The van der Waals surface area contributed by atoms with Gasteiger partial charge in [-0.3, -0.25) is 0 Å². The lowest BCUT2D eigenvalue weighted by molar-refractivity contribution is 0.155. The molecule has 0 atom stereocenters. The summed E-state index contributed by atoms with van der Waals surface area (Å²) in [5.41, 5.74) is 3.15. The average Bonchev–Trinajstić information content (AvgIpc) is 2.93. The van der Waals surface area contributed by atoms with Crippen LogP contribution in [0.4, 0.5) is 4.39 Å². The first-order chi connectivity index (χ1) is 17.6. The minimum absolute atomic E-state index is 0.0263. The lowest BCUT2D eigenvalue weighted by atomic mass is 9.68. The van der Waals surface area contributed by atoms with Gasteiger partial charge in [0.25, 0.3) is 0 Å². The fourth-order valence-electron chi connectivity index (χ4n) is 7.92. The summed E-state index contributed by atoms with van der Waals surface area (Å²) in [7, 11) is 0. The second-order valence-electron chi connectivity index (χ2n) is 12.8. The normalized spacial score (nSPS) is 31.3. The average molecular weight is 497 g/mol. The molecule has 2 heteroatoms. The van der Waals surface area contributed by atoms with Gasteiger partial charge < -0.3 is 5.11 Å². The molecule has 0 aliphatic heterocycles. The van der Waals surface area contributed by atoms with Crippen molar-refractivity contribution in [3.8, 4) is 0 Å². The van der Waals surface area contributed by atoms with Crippen molar-refractivity contribution in [3.63, 3.8) is 0 Å². The Balaban J connectivity index is 1.18. The molecule has 1 aromatic carbocycles. The van der Waals surface area contributed by atoms with E-state index in [1.807, 2.05) is 6.07 Å². The van der Waals surface area contributed by atoms with Crippen LogP contribution in [0, 0.1) is 35.4 Å². The molecule has 1 aromatic rings. The summed E-state index contributed by atoms with van der Waals surface area (Å²) in [5, 5.41) is 9.32. The third-order valence-corrected chi connectivity index (χ3v) is 10.5. The Labute approximate surface area is 221 Å². The second-order valence-corrected chi connectivity index (χ2v) is 12.8. The van der Waals surface area contributed by atoms with Gasteiger partial charge in [-0.05, 0) is 135 Å². The Morgan fingerprint density at radius 1 is 0.833 bits per heavy atom. The van der Waals surface area contributed by atoms with Crippen LogP contribution in [0.5, 0.6) is 0 Å². The lowest BCUT2D eigenvalue weighted by Crippen LogP contribution is -2.25. The van der Waals surface area contributed by atoms with Crippen molar-refractivity contribution in [3.05, 3.63) is 47.3 Å². The number of halogens is 1. The fourth-order valence-corrected chi connectivity index (χ4v) is 7.92. The third-order valence-electron chi connectivity index (χ3n) is 10.5. The van der Waals surface area contributed by atoms with Crippen molar-refractivity contribution in [2.75, 3.05) is 6.61 Å². The zero-order valence-corrected chi connectivity index (χ0v) is 23.2. The van der Waals surface area contributed by atoms with Crippen LogP contribution in [-0.2, 0) is 6.42 Å². The number of hydrogen-bond acceptors (Lipinski definition) is 1. The number of rotatable bonds is 11. The van der Waals surface area contributed by atoms with Gasteiger partial charge in [-0.1, -0.05) is 64.2 Å². The minimum Gasteiger partial charge on any atom is -0.392 e. The van der Waals surface area contributed by atoms with E-state index in [2.05, 4.69) is 25.6 Å². The first-order valence-corrected chi connectivity index (χ1v) is 15.6. The van der Waals surface area contributed by atoms with E-state index in [0.29, 0.717) is 17.8 Å². The highest BCUT2D eigenvalue weighted by atomic mass is 19.1. The third kappa shape index (κ3) is 7.68. The van der Waals surface area contributed by atoms with Gasteiger partial charge in [0.05, 0.1) is 6.61 Å². The lowest BCUT2D eigenvalue weighted by Gasteiger charge is -2.38. The molecule has 3 fully saturated rings. The summed E-state index contributed by atoms with van der Waals surface area (Å²) in [6.07, 6.45) is 23.3. The van der Waals surface area contributed by atoms with Crippen molar-refractivity contribution in [2.45, 2.75) is 128 Å². The summed E-state index contributed by atoms with van der Waals surface area (Å²) in [6.45, 7) is 6.44. The van der Waals surface area contributed by atoms with Gasteiger partial charge in [0.2, 0.25) is 0 Å². The summed E-state index contributed by atoms with van der Waals surface area (Å²) in [6, 6.07) is 6.22. The van der Waals surface area contributed by atoms with E-state index in [9.17, 15) is 5.11 Å². The van der Waals surface area contributed by atoms with Gasteiger partial charge in [-0.2, -0.15) is 0 Å². The Morgan fingerprint density at radius 3 is 2.06 bits per heavy atom. The van der Waals surface area contributed by atoms with Crippen molar-refractivity contribution in [2.24, 2.45) is 29.6 Å². The predicted molar refractivity (Wildman–Crippen MR) is 151 cm³/mol. The molecule has 3 aliphatic rings. The molecule has 0 unspecified atom stereocenters. The molecule has 1 N–H and O–H groups in total. The Morgan fingerprint density at radius 2 is 1.44 bits per heavy atom. The highest BCUT2D eigenvalue weighted by Gasteiger charge is 2.31. The Bertz CT molecular complexity index is 791. The van der Waals surface area contributed by atoms with Gasteiger partial charge in [0.15, 0.2) is 0 Å².